The van der Waals surface area contributed by atoms with Crippen molar-refractivity contribution in [3.8, 4) is 0 Å². The molecule has 2 heterocycles. The van der Waals surface area contributed by atoms with Crippen LogP contribution in [0.3, 0.4) is 0 Å². The number of aromatic nitrogens is 2. The summed E-state index contributed by atoms with van der Waals surface area (Å²) in [6.45, 7) is 3.14. The number of nitrogens with zero attached hydrogens (tertiary/aromatic N) is 3. The molecule has 0 saturated carbocycles. The zero-order chi connectivity index (χ0) is 11.5. The van der Waals surface area contributed by atoms with Gasteiger partial charge in [-0.25, -0.2) is 0 Å². The molecule has 0 aliphatic carbocycles. The lowest BCUT2D eigenvalue weighted by Crippen LogP contribution is -2.47. The number of likely N-dealkylation sites (tertiary alicyclic amines) is 1. The van der Waals surface area contributed by atoms with Gasteiger partial charge in [0.15, 0.2) is 5.82 Å². The number of hydrogen-bond donors (Lipinski definition) is 1. The molecule has 88 valence electrons. The van der Waals surface area contributed by atoms with Gasteiger partial charge in [0, 0.05) is 0 Å². The zero-order valence-electron chi connectivity index (χ0n) is 9.35. The fraction of sp³-hybridized carbons (Fsp3) is 0.700. The average molecular weight is 224 g/mol. The fourth-order valence-electron chi connectivity index (χ4n) is 2.08. The molecule has 2 N–H and O–H groups in total. The lowest BCUT2D eigenvalue weighted by atomic mass is 10.0. The Morgan fingerprint density at radius 3 is 3.06 bits per heavy atom. The molecule has 0 spiro atoms. The third-order valence-electron chi connectivity index (χ3n) is 2.85. The van der Waals surface area contributed by atoms with Crippen LogP contribution >= 0.6 is 0 Å². The molecule has 1 fully saturated rings. The highest BCUT2D eigenvalue weighted by atomic mass is 16.5. The first-order valence-electron chi connectivity index (χ1n) is 5.49. The second-order valence-corrected chi connectivity index (χ2v) is 4.12. The van der Waals surface area contributed by atoms with Crippen LogP contribution in [0.15, 0.2) is 4.52 Å². The van der Waals surface area contributed by atoms with E-state index in [1.807, 2.05) is 4.90 Å². The summed E-state index contributed by atoms with van der Waals surface area (Å²) in [6, 6.07) is -0.194. The van der Waals surface area contributed by atoms with Crippen LogP contribution in [0.5, 0.6) is 0 Å². The van der Waals surface area contributed by atoms with Gasteiger partial charge in [0.1, 0.15) is 0 Å². The van der Waals surface area contributed by atoms with Gasteiger partial charge < -0.3 is 10.3 Å². The highest BCUT2D eigenvalue weighted by Crippen LogP contribution is 2.18. The molecule has 2 rings (SSSR count). The maximum atomic E-state index is 11.3. The monoisotopic (exact) mass is 224 g/mol. The van der Waals surface area contributed by atoms with E-state index in [0.717, 1.165) is 25.8 Å². The Kier molecular flexibility index (Phi) is 3.19. The van der Waals surface area contributed by atoms with Crippen LogP contribution in [0.4, 0.5) is 0 Å². The molecule has 6 nitrogen and oxygen atoms in total. The molecule has 1 amide bonds. The van der Waals surface area contributed by atoms with Gasteiger partial charge in [-0.2, -0.15) is 4.98 Å². The number of carbonyl (C=O) groups is 1. The van der Waals surface area contributed by atoms with E-state index in [-0.39, 0.29) is 11.9 Å². The molecular weight excluding hydrogens is 208 g/mol. The van der Waals surface area contributed by atoms with E-state index in [1.54, 1.807) is 6.92 Å². The van der Waals surface area contributed by atoms with Gasteiger partial charge in [-0.3, -0.25) is 9.69 Å². The predicted molar refractivity (Wildman–Crippen MR) is 56.3 cm³/mol. The van der Waals surface area contributed by atoms with Crippen molar-refractivity contribution in [3.05, 3.63) is 11.7 Å². The van der Waals surface area contributed by atoms with Gasteiger partial charge in [-0.1, -0.05) is 11.6 Å². The van der Waals surface area contributed by atoms with Crippen LogP contribution in [0.2, 0.25) is 0 Å². The molecule has 6 heteroatoms. The number of carbonyl (C=O) groups excluding carboxylic acids is 1. The predicted octanol–water partition coefficient (Wildman–Crippen LogP) is 0.218. The largest absolute Gasteiger partial charge is 0.368 e. The topological polar surface area (TPSA) is 85.3 Å². The molecule has 1 aliphatic rings. The Hall–Kier alpha value is -1.43. The minimum absolute atomic E-state index is 0.194. The van der Waals surface area contributed by atoms with Crippen LogP contribution in [0.25, 0.3) is 0 Å². The Bertz CT molecular complexity index is 377. The average Bonchev–Trinajstić information content (AvgIpc) is 2.64. The maximum Gasteiger partial charge on any atom is 0.240 e. The van der Waals surface area contributed by atoms with E-state index in [4.69, 9.17) is 10.3 Å². The number of hydrogen-bond acceptors (Lipinski definition) is 5. The highest BCUT2D eigenvalue weighted by molar-refractivity contribution is 5.79. The van der Waals surface area contributed by atoms with Crippen molar-refractivity contribution in [2.45, 2.75) is 38.8 Å². The molecule has 1 atom stereocenters. The fourth-order valence-corrected chi connectivity index (χ4v) is 2.08. The summed E-state index contributed by atoms with van der Waals surface area (Å²) in [7, 11) is 0. The lowest BCUT2D eigenvalue weighted by Gasteiger charge is -2.32. The summed E-state index contributed by atoms with van der Waals surface area (Å²) < 4.78 is 5.04. The summed E-state index contributed by atoms with van der Waals surface area (Å²) in [5, 5.41) is 3.72. The second-order valence-electron chi connectivity index (χ2n) is 4.12. The van der Waals surface area contributed by atoms with E-state index >= 15 is 0 Å². The third-order valence-corrected chi connectivity index (χ3v) is 2.85. The zero-order valence-corrected chi connectivity index (χ0v) is 9.35. The summed E-state index contributed by atoms with van der Waals surface area (Å²) in [4.78, 5) is 17.4. The normalized spacial score (nSPS) is 22.2. The lowest BCUT2D eigenvalue weighted by molar-refractivity contribution is -0.124. The third kappa shape index (κ3) is 2.38. The summed E-state index contributed by atoms with van der Waals surface area (Å²) in [5.41, 5.74) is 5.37. The molecule has 1 saturated heterocycles. The van der Waals surface area contributed by atoms with Crippen LogP contribution in [-0.4, -0.2) is 33.5 Å². The molecule has 1 aromatic heterocycles. The first-order valence-corrected chi connectivity index (χ1v) is 5.49. The van der Waals surface area contributed by atoms with Crippen LogP contribution in [0, 0.1) is 6.92 Å². The van der Waals surface area contributed by atoms with Crippen LogP contribution in [0.1, 0.15) is 31.0 Å². The Balaban J connectivity index is 2.03. The molecule has 0 unspecified atom stereocenters. The standard InChI is InChI=1S/C10H16N4O2/c1-7-12-9(16-13-7)6-14-5-3-2-4-8(14)10(11)15/h8H,2-6H2,1H3,(H2,11,15)/t8-/m1/s1. The van der Waals surface area contributed by atoms with E-state index in [9.17, 15) is 4.79 Å². The van der Waals surface area contributed by atoms with Gasteiger partial charge >= 0.3 is 0 Å². The maximum absolute atomic E-state index is 11.3. The first kappa shape index (κ1) is 11.1. The number of amides is 1. The van der Waals surface area contributed by atoms with E-state index < -0.39 is 0 Å². The summed E-state index contributed by atoms with van der Waals surface area (Å²) in [5.74, 6) is 0.893. The molecule has 1 aromatic rings. The van der Waals surface area contributed by atoms with E-state index in [2.05, 4.69) is 10.1 Å². The van der Waals surface area contributed by atoms with Crippen molar-refractivity contribution < 1.29 is 9.32 Å². The molecule has 16 heavy (non-hydrogen) atoms. The number of rotatable bonds is 3. The Morgan fingerprint density at radius 2 is 2.44 bits per heavy atom. The summed E-state index contributed by atoms with van der Waals surface area (Å²) in [6.07, 6.45) is 2.95. The Morgan fingerprint density at radius 1 is 1.62 bits per heavy atom. The van der Waals surface area contributed by atoms with Gasteiger partial charge in [0.2, 0.25) is 11.8 Å². The Labute approximate surface area is 93.8 Å². The molecule has 0 bridgehead atoms. The first-order chi connectivity index (χ1) is 7.66. The van der Waals surface area contributed by atoms with Crippen LogP contribution < -0.4 is 5.73 Å². The highest BCUT2D eigenvalue weighted by Gasteiger charge is 2.27. The summed E-state index contributed by atoms with van der Waals surface area (Å²) >= 11 is 0. The van der Waals surface area contributed by atoms with Crippen molar-refractivity contribution in [2.24, 2.45) is 5.73 Å². The van der Waals surface area contributed by atoms with E-state index in [0.29, 0.717) is 18.3 Å². The number of primary amides is 1. The molecule has 0 radical (unpaired) electrons. The molecule has 1 aliphatic heterocycles. The smallest absolute Gasteiger partial charge is 0.240 e. The number of aryl methyl sites for hydroxylation is 1. The van der Waals surface area contributed by atoms with Gasteiger partial charge in [0.25, 0.3) is 0 Å². The molecule has 0 aromatic carbocycles. The van der Waals surface area contributed by atoms with Crippen molar-refractivity contribution in [2.75, 3.05) is 6.54 Å². The van der Waals surface area contributed by atoms with E-state index in [1.165, 1.54) is 0 Å². The second kappa shape index (κ2) is 4.61. The van der Waals surface area contributed by atoms with Crippen molar-refractivity contribution in [1.82, 2.24) is 15.0 Å². The van der Waals surface area contributed by atoms with Gasteiger partial charge in [-0.15, -0.1) is 0 Å². The molecular formula is C10H16N4O2. The minimum Gasteiger partial charge on any atom is -0.368 e. The SMILES string of the molecule is Cc1noc(CN2CCCC[C@@H]2C(N)=O)n1. The van der Waals surface area contributed by atoms with Gasteiger partial charge in [0.05, 0.1) is 12.6 Å². The van der Waals surface area contributed by atoms with Crippen LogP contribution in [-0.2, 0) is 11.3 Å². The van der Waals surface area contributed by atoms with Crippen molar-refractivity contribution in [1.29, 1.82) is 0 Å². The quantitative estimate of drug-likeness (QED) is 0.793. The number of nitrogens with two attached hydrogens (primary N) is 1. The van der Waals surface area contributed by atoms with Crippen molar-refractivity contribution in [3.63, 3.8) is 0 Å². The number of piperidine rings is 1. The minimum atomic E-state index is -0.268. The van der Waals surface area contributed by atoms with Gasteiger partial charge in [-0.05, 0) is 26.3 Å². The van der Waals surface area contributed by atoms with Crippen molar-refractivity contribution >= 4 is 5.91 Å².